The molecule has 0 saturated heterocycles. The van der Waals surface area contributed by atoms with Crippen molar-refractivity contribution in [3.8, 4) is 0 Å². The third-order valence-corrected chi connectivity index (χ3v) is 5.09. The van der Waals surface area contributed by atoms with Crippen molar-refractivity contribution in [3.05, 3.63) is 59.2 Å². The minimum atomic E-state index is -0.253. The highest BCUT2D eigenvalue weighted by molar-refractivity contribution is 6.05. The van der Waals surface area contributed by atoms with Gasteiger partial charge in [0.15, 0.2) is 0 Å². The first-order valence-electron chi connectivity index (χ1n) is 9.23. The Kier molecular flexibility index (Phi) is 5.69. The monoisotopic (exact) mass is 362 g/mol. The quantitative estimate of drug-likeness (QED) is 0.759. The van der Waals surface area contributed by atoms with E-state index in [0.717, 1.165) is 41.2 Å². The van der Waals surface area contributed by atoms with Gasteiger partial charge >= 0.3 is 6.03 Å². The van der Waals surface area contributed by atoms with Gasteiger partial charge < -0.3 is 10.6 Å². The number of aryl methyl sites for hydroxylation is 1. The fourth-order valence-electron chi connectivity index (χ4n) is 3.46. The van der Waals surface area contributed by atoms with E-state index in [2.05, 4.69) is 39.7 Å². The van der Waals surface area contributed by atoms with Crippen molar-refractivity contribution in [2.45, 2.75) is 26.7 Å². The van der Waals surface area contributed by atoms with Crippen LogP contribution in [0.2, 0.25) is 0 Å². The van der Waals surface area contributed by atoms with Gasteiger partial charge in [-0.1, -0.05) is 25.1 Å². The van der Waals surface area contributed by atoms with Gasteiger partial charge in [0.1, 0.15) is 0 Å². The summed E-state index contributed by atoms with van der Waals surface area (Å²) in [6.45, 7) is 4.17. The maximum Gasteiger partial charge on any atom is 0.323 e. The Labute approximate surface area is 160 Å². The van der Waals surface area contributed by atoms with E-state index in [1.807, 2.05) is 44.3 Å². The van der Waals surface area contributed by atoms with E-state index in [9.17, 15) is 4.79 Å². The molecule has 1 aliphatic rings. The Morgan fingerprint density at radius 2 is 1.70 bits per heavy atom. The molecule has 2 aromatic rings. The van der Waals surface area contributed by atoms with Gasteiger partial charge in [0.05, 0.1) is 0 Å². The lowest BCUT2D eigenvalue weighted by molar-refractivity contribution is 0.262. The molecule has 0 saturated carbocycles. The second-order valence-electron chi connectivity index (χ2n) is 6.89. The number of fused-ring (bicyclic) bond motifs is 1. The number of carbonyl (C=O) groups excluding carboxylic acids is 1. The summed E-state index contributed by atoms with van der Waals surface area (Å²) in [6.07, 6.45) is 2.09. The second-order valence-corrected chi connectivity index (χ2v) is 6.89. The first-order valence-corrected chi connectivity index (χ1v) is 9.23. The van der Waals surface area contributed by atoms with Gasteiger partial charge in [-0.05, 0) is 66.6 Å². The third-order valence-electron chi connectivity index (χ3n) is 5.09. The second kappa shape index (κ2) is 8.16. The first kappa shape index (κ1) is 18.8. The molecule has 0 radical (unpaired) electrons. The summed E-state index contributed by atoms with van der Waals surface area (Å²) in [5, 5.41) is 5.79. The summed E-state index contributed by atoms with van der Waals surface area (Å²) >= 11 is 0. The number of urea groups is 1. The number of hydrogen-bond donors (Lipinski definition) is 2. The molecule has 1 unspecified atom stereocenters. The zero-order valence-electron chi connectivity index (χ0n) is 16.3. The van der Waals surface area contributed by atoms with Crippen LogP contribution in [0.4, 0.5) is 16.2 Å². The average molecular weight is 362 g/mol. The van der Waals surface area contributed by atoms with E-state index in [1.165, 1.54) is 11.1 Å². The predicted octanol–water partition coefficient (Wildman–Crippen LogP) is 4.77. The summed E-state index contributed by atoms with van der Waals surface area (Å²) in [4.78, 5) is 20.9. The van der Waals surface area contributed by atoms with Crippen LogP contribution >= 0.6 is 0 Å². The van der Waals surface area contributed by atoms with Crippen molar-refractivity contribution in [3.63, 3.8) is 0 Å². The number of carbonyl (C=O) groups is 1. The van der Waals surface area contributed by atoms with Crippen molar-refractivity contribution in [1.82, 2.24) is 0 Å². The molecule has 0 bridgehead atoms. The Hall–Kier alpha value is -2.95. The molecular formula is C22H26N4O. The van der Waals surface area contributed by atoms with Gasteiger partial charge in [0.2, 0.25) is 0 Å². The van der Waals surface area contributed by atoms with E-state index in [4.69, 9.17) is 0 Å². The fourth-order valence-corrected chi connectivity index (χ4v) is 3.46. The lowest BCUT2D eigenvalue weighted by Gasteiger charge is -2.24. The van der Waals surface area contributed by atoms with Crippen LogP contribution in [0.5, 0.6) is 0 Å². The zero-order valence-corrected chi connectivity index (χ0v) is 16.3. The molecule has 2 aromatic carbocycles. The summed E-state index contributed by atoms with van der Waals surface area (Å²) in [6, 6.07) is 13.4. The Morgan fingerprint density at radius 3 is 2.37 bits per heavy atom. The van der Waals surface area contributed by atoms with Gasteiger partial charge in [-0.3, -0.25) is 9.98 Å². The molecule has 0 heterocycles. The largest absolute Gasteiger partial charge is 0.323 e. The number of amides is 2. The fraction of sp³-hybridized carbons (Fsp3) is 0.318. The van der Waals surface area contributed by atoms with Crippen LogP contribution in [-0.4, -0.2) is 31.5 Å². The van der Waals surface area contributed by atoms with Crippen molar-refractivity contribution < 1.29 is 4.79 Å². The lowest BCUT2D eigenvalue weighted by Crippen LogP contribution is -2.22. The molecule has 1 atom stereocenters. The number of hydrogen-bond acceptors (Lipinski definition) is 3. The summed E-state index contributed by atoms with van der Waals surface area (Å²) in [7, 11) is 3.61. The van der Waals surface area contributed by atoms with Crippen LogP contribution < -0.4 is 10.6 Å². The summed E-state index contributed by atoms with van der Waals surface area (Å²) < 4.78 is 0. The Bertz CT molecular complexity index is 897. The molecule has 5 heteroatoms. The minimum absolute atomic E-state index is 0.253. The van der Waals surface area contributed by atoms with Crippen molar-refractivity contribution in [1.29, 1.82) is 0 Å². The lowest BCUT2D eigenvalue weighted by atomic mass is 9.83. The maximum atomic E-state index is 12.3. The van der Waals surface area contributed by atoms with Crippen LogP contribution in [0.15, 0.2) is 52.4 Å². The van der Waals surface area contributed by atoms with Gasteiger partial charge in [-0.25, -0.2) is 4.79 Å². The number of rotatable bonds is 3. The van der Waals surface area contributed by atoms with Crippen LogP contribution in [0, 0.1) is 5.92 Å². The standard InChI is InChI=1S/C22H26N4O/c1-14-5-6-17-13-19(11-12-20(17)21(14)24-4)26-22(27)25-18-9-7-16(8-10-18)15(2)23-3/h7-14H,5-6H2,1-4H3,(H2,25,26,27). The van der Waals surface area contributed by atoms with E-state index < -0.39 is 0 Å². The zero-order chi connectivity index (χ0) is 19.4. The first-order chi connectivity index (χ1) is 13.0. The molecule has 2 N–H and O–H groups in total. The number of anilines is 2. The van der Waals surface area contributed by atoms with E-state index in [1.54, 1.807) is 7.05 Å². The third kappa shape index (κ3) is 4.25. The molecule has 0 fully saturated rings. The van der Waals surface area contributed by atoms with E-state index in [0.29, 0.717) is 5.92 Å². The van der Waals surface area contributed by atoms with Crippen LogP contribution in [0.1, 0.15) is 37.0 Å². The summed E-state index contributed by atoms with van der Waals surface area (Å²) in [5.41, 5.74) is 7.13. The topological polar surface area (TPSA) is 65.8 Å². The predicted molar refractivity (Wildman–Crippen MR) is 114 cm³/mol. The molecule has 5 nitrogen and oxygen atoms in total. The van der Waals surface area contributed by atoms with Gasteiger partial charge in [-0.15, -0.1) is 0 Å². The highest BCUT2D eigenvalue weighted by atomic mass is 16.2. The number of benzene rings is 2. The van der Waals surface area contributed by atoms with Gasteiger partial charge in [0.25, 0.3) is 0 Å². The maximum absolute atomic E-state index is 12.3. The number of nitrogens with zero attached hydrogens (tertiary/aromatic N) is 2. The van der Waals surface area contributed by atoms with Gasteiger partial charge in [-0.2, -0.15) is 0 Å². The number of nitrogens with one attached hydrogen (secondary N) is 2. The molecule has 2 amide bonds. The smallest absolute Gasteiger partial charge is 0.308 e. The molecule has 27 heavy (non-hydrogen) atoms. The van der Waals surface area contributed by atoms with Crippen molar-refractivity contribution >= 4 is 28.8 Å². The summed E-state index contributed by atoms with van der Waals surface area (Å²) in [5.74, 6) is 0.481. The minimum Gasteiger partial charge on any atom is -0.308 e. The number of aliphatic imine (C=N–C) groups is 2. The highest BCUT2D eigenvalue weighted by Crippen LogP contribution is 2.28. The SMILES string of the molecule is CN=C(C)c1ccc(NC(=O)Nc2ccc3c(c2)CCC(C)C3=NC)cc1. The molecular weight excluding hydrogens is 336 g/mol. The van der Waals surface area contributed by atoms with Crippen LogP contribution in [-0.2, 0) is 6.42 Å². The average Bonchev–Trinajstić information content (AvgIpc) is 2.68. The molecule has 0 aromatic heterocycles. The molecule has 1 aliphatic carbocycles. The normalized spacial score (nSPS) is 18.1. The Morgan fingerprint density at radius 1 is 1.04 bits per heavy atom. The molecule has 0 spiro atoms. The van der Waals surface area contributed by atoms with E-state index >= 15 is 0 Å². The molecule has 0 aliphatic heterocycles. The van der Waals surface area contributed by atoms with Crippen LogP contribution in [0.25, 0.3) is 0 Å². The highest BCUT2D eigenvalue weighted by Gasteiger charge is 2.21. The van der Waals surface area contributed by atoms with Crippen molar-refractivity contribution in [2.75, 3.05) is 24.7 Å². The molecule has 140 valence electrons. The Balaban J connectivity index is 1.68. The van der Waals surface area contributed by atoms with Gasteiger partial charge in [0, 0.05) is 36.9 Å². The van der Waals surface area contributed by atoms with E-state index in [-0.39, 0.29) is 6.03 Å². The van der Waals surface area contributed by atoms with Crippen LogP contribution in [0.3, 0.4) is 0 Å². The van der Waals surface area contributed by atoms with Crippen molar-refractivity contribution in [2.24, 2.45) is 15.9 Å². The molecule has 3 rings (SSSR count).